The van der Waals surface area contributed by atoms with Gasteiger partial charge in [-0.2, -0.15) is 0 Å². The highest BCUT2D eigenvalue weighted by Gasteiger charge is 2.51. The summed E-state index contributed by atoms with van der Waals surface area (Å²) in [5.74, 6) is -1.10. The molecule has 2 aliphatic rings. The number of hydrogen-bond donors (Lipinski definition) is 2. The molecule has 0 aromatic heterocycles. The Kier molecular flexibility index (Phi) is 3.91. The number of fused-ring (bicyclic) bond motifs is 1. The number of hydrogen-bond acceptors (Lipinski definition) is 6. The lowest BCUT2D eigenvalue weighted by atomic mass is 10.0. The van der Waals surface area contributed by atoms with Crippen LogP contribution in [0, 0.1) is 0 Å². The van der Waals surface area contributed by atoms with Crippen molar-refractivity contribution >= 4 is 30.1 Å². The third-order valence-electron chi connectivity index (χ3n) is 2.82. The molecule has 2 atom stereocenters. The van der Waals surface area contributed by atoms with E-state index in [2.05, 4.69) is 4.74 Å². The number of carbonyl (C=O) groups excluding carboxylic acids is 2. The Bertz CT molecular complexity index is 487. The molecular weight excluding hydrogens is 272 g/mol. The van der Waals surface area contributed by atoms with Gasteiger partial charge in [-0.1, -0.05) is 6.08 Å². The third-order valence-corrected chi connectivity index (χ3v) is 4.14. The monoisotopic (exact) mass is 284 g/mol. The molecule has 0 aromatic carbocycles. The maximum atomic E-state index is 11.6. The Balaban J connectivity index is 2.23. The fourth-order valence-corrected chi connectivity index (χ4v) is 3.22. The van der Waals surface area contributed by atoms with Gasteiger partial charge in [0.05, 0.1) is 0 Å². The topological polar surface area (TPSA) is 110 Å². The molecular formula is C11H12N2O5S. The first-order valence-electron chi connectivity index (χ1n) is 5.46. The number of β-lactam (4-membered cyclic amide) rings is 1. The highest BCUT2D eigenvalue weighted by Crippen LogP contribution is 2.39. The zero-order valence-corrected chi connectivity index (χ0v) is 10.6. The second kappa shape index (κ2) is 5.45. The van der Waals surface area contributed by atoms with Gasteiger partial charge in [-0.15, -0.1) is 11.8 Å². The number of carbonyl (C=O) groups is 3. The van der Waals surface area contributed by atoms with E-state index in [9.17, 15) is 19.5 Å². The Hall–Kier alpha value is -1.80. The average molecular weight is 284 g/mol. The number of rotatable bonds is 5. The van der Waals surface area contributed by atoms with Crippen molar-refractivity contribution in [1.82, 2.24) is 4.90 Å². The summed E-state index contributed by atoms with van der Waals surface area (Å²) >= 11 is 1.42. The molecule has 2 heterocycles. The first-order chi connectivity index (χ1) is 9.07. The number of aliphatic carboxylic acids is 1. The fourth-order valence-electron chi connectivity index (χ4n) is 1.95. The standard InChI is InChI=1S/C11H12N2O5S/c12-7-9(15)13-8(11(16)17)6(4-19-10(7)13)2-1-3-18-5-14/h1-2,5,7,10H,3-4,12H2,(H,16,17)/t7?,10-/m0/s1. The van der Waals surface area contributed by atoms with Crippen LogP contribution >= 0.6 is 11.8 Å². The lowest BCUT2D eigenvalue weighted by Crippen LogP contribution is -2.68. The lowest BCUT2D eigenvalue weighted by molar-refractivity contribution is -0.147. The van der Waals surface area contributed by atoms with Crippen LogP contribution in [0.25, 0.3) is 0 Å². The molecule has 1 amide bonds. The summed E-state index contributed by atoms with van der Waals surface area (Å²) in [6, 6.07) is -0.636. The van der Waals surface area contributed by atoms with Crippen LogP contribution in [0.4, 0.5) is 0 Å². The van der Waals surface area contributed by atoms with Crippen molar-refractivity contribution < 1.29 is 24.2 Å². The molecule has 0 radical (unpaired) electrons. The number of ether oxygens (including phenoxy) is 1. The van der Waals surface area contributed by atoms with E-state index in [1.54, 1.807) is 6.08 Å². The number of nitrogens with two attached hydrogens (primary N) is 1. The van der Waals surface area contributed by atoms with Crippen molar-refractivity contribution in [3.8, 4) is 0 Å². The molecule has 1 fully saturated rings. The van der Waals surface area contributed by atoms with E-state index in [-0.39, 0.29) is 23.6 Å². The van der Waals surface area contributed by atoms with E-state index in [1.165, 1.54) is 22.7 Å². The molecule has 102 valence electrons. The molecule has 2 aliphatic heterocycles. The van der Waals surface area contributed by atoms with E-state index < -0.39 is 12.0 Å². The van der Waals surface area contributed by atoms with Crippen molar-refractivity contribution in [1.29, 1.82) is 0 Å². The Labute approximate surface area is 113 Å². The van der Waals surface area contributed by atoms with E-state index in [4.69, 9.17) is 5.73 Å². The second-order valence-corrected chi connectivity index (χ2v) is 5.05. The number of carboxylic acid groups (broad SMARTS) is 1. The smallest absolute Gasteiger partial charge is 0.352 e. The molecule has 8 heteroatoms. The van der Waals surface area contributed by atoms with Crippen molar-refractivity contribution in [3.05, 3.63) is 23.4 Å². The average Bonchev–Trinajstić information content (AvgIpc) is 2.41. The van der Waals surface area contributed by atoms with Crippen molar-refractivity contribution in [2.75, 3.05) is 12.4 Å². The van der Waals surface area contributed by atoms with Crippen LogP contribution in [0.1, 0.15) is 0 Å². The van der Waals surface area contributed by atoms with Gasteiger partial charge in [-0.05, 0) is 11.6 Å². The van der Waals surface area contributed by atoms with Crippen LogP contribution in [0.2, 0.25) is 0 Å². The minimum Gasteiger partial charge on any atom is -0.477 e. The highest BCUT2D eigenvalue weighted by atomic mass is 32.2. The molecule has 1 saturated heterocycles. The molecule has 0 saturated carbocycles. The Morgan fingerprint density at radius 1 is 1.63 bits per heavy atom. The number of thioether (sulfide) groups is 1. The Morgan fingerprint density at radius 3 is 3.00 bits per heavy atom. The molecule has 7 nitrogen and oxygen atoms in total. The van der Waals surface area contributed by atoms with Gasteiger partial charge in [0, 0.05) is 5.75 Å². The zero-order chi connectivity index (χ0) is 14.0. The SMILES string of the molecule is NC1C(=O)N2C(C(=O)O)=C(C=CCOC=O)CS[C@@H]12. The van der Waals surface area contributed by atoms with Crippen LogP contribution in [-0.4, -0.2) is 52.1 Å². The number of nitrogens with zero attached hydrogens (tertiary/aromatic N) is 1. The van der Waals surface area contributed by atoms with Crippen molar-refractivity contribution in [2.45, 2.75) is 11.4 Å². The summed E-state index contributed by atoms with van der Waals surface area (Å²) in [5.41, 5.74) is 6.08. The first kappa shape index (κ1) is 13.6. The molecule has 0 aliphatic carbocycles. The molecule has 2 rings (SSSR count). The first-order valence-corrected chi connectivity index (χ1v) is 6.51. The number of allylic oxidation sites excluding steroid dienone is 1. The largest absolute Gasteiger partial charge is 0.477 e. The quantitative estimate of drug-likeness (QED) is 0.390. The van der Waals surface area contributed by atoms with Gasteiger partial charge in [-0.25, -0.2) is 4.79 Å². The van der Waals surface area contributed by atoms with Crippen molar-refractivity contribution in [2.24, 2.45) is 5.73 Å². The predicted molar refractivity (Wildman–Crippen MR) is 66.9 cm³/mol. The van der Waals surface area contributed by atoms with Crippen LogP contribution in [0.15, 0.2) is 23.4 Å². The maximum Gasteiger partial charge on any atom is 0.352 e. The normalized spacial score (nSPS) is 26.2. The van der Waals surface area contributed by atoms with Gasteiger partial charge in [0.25, 0.3) is 6.47 Å². The summed E-state index contributed by atoms with van der Waals surface area (Å²) in [5, 5.41) is 8.91. The summed E-state index contributed by atoms with van der Waals surface area (Å²) < 4.78 is 4.48. The summed E-state index contributed by atoms with van der Waals surface area (Å²) in [6.07, 6.45) is 3.07. The maximum absolute atomic E-state index is 11.6. The van der Waals surface area contributed by atoms with Gasteiger partial charge in [0.2, 0.25) is 5.91 Å². The van der Waals surface area contributed by atoms with Gasteiger partial charge >= 0.3 is 5.97 Å². The van der Waals surface area contributed by atoms with E-state index in [0.29, 0.717) is 17.8 Å². The van der Waals surface area contributed by atoms with Crippen LogP contribution in [0.5, 0.6) is 0 Å². The van der Waals surface area contributed by atoms with E-state index in [1.807, 2.05) is 0 Å². The minimum absolute atomic E-state index is 0.0437. The van der Waals surface area contributed by atoms with Crippen LogP contribution < -0.4 is 5.73 Å². The fraction of sp³-hybridized carbons (Fsp3) is 0.364. The van der Waals surface area contributed by atoms with Gasteiger partial charge in [-0.3, -0.25) is 14.5 Å². The predicted octanol–water partition coefficient (Wildman–Crippen LogP) is -0.703. The Morgan fingerprint density at radius 2 is 2.37 bits per heavy atom. The molecule has 1 unspecified atom stereocenters. The van der Waals surface area contributed by atoms with E-state index >= 15 is 0 Å². The zero-order valence-electron chi connectivity index (χ0n) is 9.81. The van der Waals surface area contributed by atoms with Gasteiger partial charge in [0.1, 0.15) is 23.7 Å². The summed E-state index contributed by atoms with van der Waals surface area (Å²) in [6.45, 7) is 0.363. The minimum atomic E-state index is -1.17. The number of amides is 1. The van der Waals surface area contributed by atoms with Gasteiger partial charge in [0.15, 0.2) is 0 Å². The second-order valence-electron chi connectivity index (χ2n) is 3.95. The van der Waals surface area contributed by atoms with Crippen molar-refractivity contribution in [3.63, 3.8) is 0 Å². The molecule has 0 bridgehead atoms. The van der Waals surface area contributed by atoms with Crippen LogP contribution in [0.3, 0.4) is 0 Å². The van der Waals surface area contributed by atoms with E-state index in [0.717, 1.165) is 0 Å². The van der Waals surface area contributed by atoms with Gasteiger partial charge < -0.3 is 15.6 Å². The molecule has 3 N–H and O–H groups in total. The summed E-state index contributed by atoms with van der Waals surface area (Å²) in [7, 11) is 0. The summed E-state index contributed by atoms with van der Waals surface area (Å²) in [4.78, 5) is 34.1. The molecule has 19 heavy (non-hydrogen) atoms. The van der Waals surface area contributed by atoms with Crippen LogP contribution in [-0.2, 0) is 19.1 Å². The molecule has 0 spiro atoms. The highest BCUT2D eigenvalue weighted by molar-refractivity contribution is 8.00. The number of carboxylic acids is 1. The molecule has 0 aromatic rings. The lowest BCUT2D eigenvalue weighted by Gasteiger charge is -2.47. The third kappa shape index (κ3) is 2.36.